The molecule has 2 heterocycles. The van der Waals surface area contributed by atoms with Crippen LogP contribution in [0.3, 0.4) is 0 Å². The van der Waals surface area contributed by atoms with Gasteiger partial charge in [0.1, 0.15) is 5.56 Å². The molecule has 132 valence electrons. The maximum Gasteiger partial charge on any atom is 0.256 e. The summed E-state index contributed by atoms with van der Waals surface area (Å²) >= 11 is 1.20. The Kier molecular flexibility index (Phi) is 6.50. The molecule has 0 bridgehead atoms. The Morgan fingerprint density at radius 1 is 1.42 bits per heavy atom. The third-order valence-electron chi connectivity index (χ3n) is 3.59. The van der Waals surface area contributed by atoms with Crippen LogP contribution in [-0.4, -0.2) is 42.4 Å². The van der Waals surface area contributed by atoms with Gasteiger partial charge in [-0.05, 0) is 6.92 Å². The quantitative estimate of drug-likeness (QED) is 0.691. The van der Waals surface area contributed by atoms with Gasteiger partial charge in [0, 0.05) is 37.3 Å². The molecule has 0 atom stereocenters. The molecule has 0 aliphatic heterocycles. The second kappa shape index (κ2) is 8.39. The standard InChI is InChI=1S/C16H22N2O5S/c1-4-17-16(21)10-7-18(2)13-11(9-23-6-5-22-3)12(8-19)24-15(13)14(10)20/h7,19H,4-6,8-9H2,1-3H3,(H,17,21). The van der Waals surface area contributed by atoms with E-state index in [0.29, 0.717) is 34.9 Å². The van der Waals surface area contributed by atoms with Crippen molar-refractivity contribution in [3.05, 3.63) is 32.4 Å². The van der Waals surface area contributed by atoms with Crippen LogP contribution in [0.2, 0.25) is 0 Å². The number of fused-ring (bicyclic) bond motifs is 1. The van der Waals surface area contributed by atoms with Crippen LogP contribution in [-0.2, 0) is 29.7 Å². The predicted octanol–water partition coefficient (Wildman–Crippen LogP) is 1.01. The summed E-state index contributed by atoms with van der Waals surface area (Å²) in [6, 6.07) is 0. The van der Waals surface area contributed by atoms with Gasteiger partial charge >= 0.3 is 0 Å². The number of aromatic nitrogens is 1. The van der Waals surface area contributed by atoms with Gasteiger partial charge in [-0.2, -0.15) is 0 Å². The normalized spacial score (nSPS) is 11.2. The van der Waals surface area contributed by atoms with E-state index in [4.69, 9.17) is 9.47 Å². The average molecular weight is 354 g/mol. The zero-order valence-corrected chi connectivity index (χ0v) is 14.9. The molecule has 0 radical (unpaired) electrons. The second-order valence-corrected chi connectivity index (χ2v) is 6.33. The van der Waals surface area contributed by atoms with Gasteiger partial charge in [0.15, 0.2) is 0 Å². The Labute approximate surface area is 143 Å². The minimum absolute atomic E-state index is 0.101. The van der Waals surface area contributed by atoms with Crippen LogP contribution in [0, 0.1) is 0 Å². The highest BCUT2D eigenvalue weighted by Gasteiger charge is 2.20. The smallest absolute Gasteiger partial charge is 0.256 e. The van der Waals surface area contributed by atoms with Crippen LogP contribution in [0.1, 0.15) is 27.7 Å². The highest BCUT2D eigenvalue weighted by atomic mass is 32.1. The fourth-order valence-electron chi connectivity index (χ4n) is 2.48. The predicted molar refractivity (Wildman–Crippen MR) is 92.5 cm³/mol. The van der Waals surface area contributed by atoms with Gasteiger partial charge < -0.3 is 24.5 Å². The molecular formula is C16H22N2O5S. The fraction of sp³-hybridized carbons (Fsp3) is 0.500. The number of nitrogens with zero attached hydrogens (tertiary/aromatic N) is 1. The summed E-state index contributed by atoms with van der Waals surface area (Å²) in [6.07, 6.45) is 1.53. The maximum atomic E-state index is 12.6. The molecule has 0 aliphatic rings. The number of nitrogens with one attached hydrogen (secondary N) is 1. The number of rotatable bonds is 8. The first kappa shape index (κ1) is 18.6. The summed E-state index contributed by atoms with van der Waals surface area (Å²) in [5.41, 5.74) is 1.25. The van der Waals surface area contributed by atoms with Crippen LogP contribution in [0.25, 0.3) is 10.2 Å². The molecule has 7 nitrogen and oxygen atoms in total. The largest absolute Gasteiger partial charge is 0.391 e. The van der Waals surface area contributed by atoms with E-state index in [1.807, 2.05) is 0 Å². The first-order valence-electron chi connectivity index (χ1n) is 7.64. The molecule has 2 aromatic heterocycles. The van der Waals surface area contributed by atoms with E-state index in [0.717, 1.165) is 5.56 Å². The summed E-state index contributed by atoms with van der Waals surface area (Å²) in [6.45, 7) is 3.22. The average Bonchev–Trinajstić information content (AvgIpc) is 2.94. The lowest BCUT2D eigenvalue weighted by Gasteiger charge is -2.09. The molecule has 0 fully saturated rings. The molecule has 24 heavy (non-hydrogen) atoms. The van der Waals surface area contributed by atoms with Crippen molar-refractivity contribution in [1.29, 1.82) is 0 Å². The molecule has 2 rings (SSSR count). The summed E-state index contributed by atoms with van der Waals surface area (Å²) in [5.74, 6) is -0.392. The number of methoxy groups -OCH3 is 1. The van der Waals surface area contributed by atoms with Gasteiger partial charge in [-0.3, -0.25) is 9.59 Å². The van der Waals surface area contributed by atoms with Crippen molar-refractivity contribution in [3.63, 3.8) is 0 Å². The van der Waals surface area contributed by atoms with E-state index in [-0.39, 0.29) is 24.2 Å². The highest BCUT2D eigenvalue weighted by Crippen LogP contribution is 2.30. The van der Waals surface area contributed by atoms with Crippen LogP contribution in [0.4, 0.5) is 0 Å². The Balaban J connectivity index is 2.50. The Morgan fingerprint density at radius 2 is 2.17 bits per heavy atom. The summed E-state index contributed by atoms with van der Waals surface area (Å²) in [4.78, 5) is 25.4. The molecule has 8 heteroatoms. The van der Waals surface area contributed by atoms with Crippen molar-refractivity contribution in [2.24, 2.45) is 7.05 Å². The van der Waals surface area contributed by atoms with Gasteiger partial charge in [-0.25, -0.2) is 0 Å². The number of aliphatic hydroxyl groups excluding tert-OH is 1. The van der Waals surface area contributed by atoms with Crippen molar-refractivity contribution >= 4 is 27.5 Å². The maximum absolute atomic E-state index is 12.6. The lowest BCUT2D eigenvalue weighted by molar-refractivity contribution is 0.0615. The Morgan fingerprint density at radius 3 is 2.79 bits per heavy atom. The molecule has 0 saturated heterocycles. The minimum Gasteiger partial charge on any atom is -0.391 e. The number of amides is 1. The van der Waals surface area contributed by atoms with E-state index in [2.05, 4.69) is 5.32 Å². The van der Waals surface area contributed by atoms with Gasteiger partial charge in [0.25, 0.3) is 5.91 Å². The van der Waals surface area contributed by atoms with E-state index in [9.17, 15) is 14.7 Å². The summed E-state index contributed by atoms with van der Waals surface area (Å²) < 4.78 is 12.7. The van der Waals surface area contributed by atoms with Crippen molar-refractivity contribution < 1.29 is 19.4 Å². The van der Waals surface area contributed by atoms with Crippen LogP contribution in [0.5, 0.6) is 0 Å². The lowest BCUT2D eigenvalue weighted by Crippen LogP contribution is -2.29. The molecule has 0 aromatic carbocycles. The fourth-order valence-corrected chi connectivity index (χ4v) is 3.64. The highest BCUT2D eigenvalue weighted by molar-refractivity contribution is 7.19. The lowest BCUT2D eigenvalue weighted by atomic mass is 10.1. The van der Waals surface area contributed by atoms with E-state index >= 15 is 0 Å². The van der Waals surface area contributed by atoms with Gasteiger partial charge in [-0.1, -0.05) is 0 Å². The summed E-state index contributed by atoms with van der Waals surface area (Å²) in [5, 5.41) is 12.2. The third kappa shape index (κ3) is 3.67. The van der Waals surface area contributed by atoms with Crippen LogP contribution < -0.4 is 10.7 Å². The number of hydrogen-bond acceptors (Lipinski definition) is 6. The number of aliphatic hydroxyl groups is 1. The number of aryl methyl sites for hydroxylation is 1. The molecular weight excluding hydrogens is 332 g/mol. The van der Waals surface area contributed by atoms with Gasteiger partial charge in [0.2, 0.25) is 5.43 Å². The summed E-state index contributed by atoms with van der Waals surface area (Å²) in [7, 11) is 3.37. The monoisotopic (exact) mass is 354 g/mol. The molecule has 2 N–H and O–H groups in total. The van der Waals surface area contributed by atoms with Gasteiger partial charge in [-0.15, -0.1) is 11.3 Å². The molecule has 0 aliphatic carbocycles. The number of carbonyl (C=O) groups is 1. The van der Waals surface area contributed by atoms with Crippen molar-refractivity contribution in [3.8, 4) is 0 Å². The topological polar surface area (TPSA) is 89.8 Å². The molecule has 1 amide bonds. The first-order chi connectivity index (χ1) is 11.5. The van der Waals surface area contributed by atoms with E-state index in [1.165, 1.54) is 17.5 Å². The van der Waals surface area contributed by atoms with Crippen molar-refractivity contribution in [2.75, 3.05) is 26.9 Å². The van der Waals surface area contributed by atoms with Crippen molar-refractivity contribution in [1.82, 2.24) is 9.88 Å². The van der Waals surface area contributed by atoms with E-state index in [1.54, 1.807) is 25.6 Å². The van der Waals surface area contributed by atoms with Crippen molar-refractivity contribution in [2.45, 2.75) is 20.1 Å². The zero-order valence-electron chi connectivity index (χ0n) is 14.0. The van der Waals surface area contributed by atoms with E-state index < -0.39 is 5.91 Å². The van der Waals surface area contributed by atoms with Gasteiger partial charge in [0.05, 0.1) is 36.6 Å². The van der Waals surface area contributed by atoms with Crippen LogP contribution >= 0.6 is 11.3 Å². The second-order valence-electron chi connectivity index (χ2n) is 5.23. The number of carbonyl (C=O) groups excluding carboxylic acids is 1. The molecule has 2 aromatic rings. The first-order valence-corrected chi connectivity index (χ1v) is 8.46. The Hall–Kier alpha value is -1.74. The molecule has 0 saturated carbocycles. The third-order valence-corrected chi connectivity index (χ3v) is 4.80. The molecule has 0 spiro atoms. The minimum atomic E-state index is -0.392. The van der Waals surface area contributed by atoms with Crippen LogP contribution in [0.15, 0.2) is 11.0 Å². The number of hydrogen-bond donors (Lipinski definition) is 2. The number of ether oxygens (including phenoxy) is 2. The zero-order chi connectivity index (χ0) is 17.7. The number of thiophene rings is 1. The number of pyridine rings is 1. The SMILES string of the molecule is CCNC(=O)c1cn(C)c2c(COCCOC)c(CO)sc2c1=O. The molecule has 0 unspecified atom stereocenters. The Bertz CT molecular complexity index is 781.